The van der Waals surface area contributed by atoms with Gasteiger partial charge in [-0.1, -0.05) is 0 Å². The standard InChI is InChI=1S/C14H18N6O2/c1-19-12-9(11(18-19)13(21)20(2)22-3)6-4-5-8-7-16-14(15)17-10(8)12/h7H,4-6H2,1-3H3,(H2,15,16,17). The summed E-state index contributed by atoms with van der Waals surface area (Å²) in [4.78, 5) is 25.8. The predicted octanol–water partition coefficient (Wildman–Crippen LogP) is 0.581. The Hall–Kier alpha value is -2.48. The highest BCUT2D eigenvalue weighted by Gasteiger charge is 2.28. The fourth-order valence-electron chi connectivity index (χ4n) is 2.77. The SMILES string of the molecule is CON(C)C(=O)c1nn(C)c2c1CCCc1cnc(N)nc1-2. The zero-order valence-electron chi connectivity index (χ0n) is 12.8. The third-order valence-electron chi connectivity index (χ3n) is 3.89. The Kier molecular flexibility index (Phi) is 3.53. The molecule has 2 heterocycles. The van der Waals surface area contributed by atoms with Gasteiger partial charge in [-0.3, -0.25) is 14.3 Å². The minimum Gasteiger partial charge on any atom is -0.368 e. The Balaban J connectivity index is 2.19. The van der Waals surface area contributed by atoms with Gasteiger partial charge in [-0.15, -0.1) is 0 Å². The molecule has 3 rings (SSSR count). The molecule has 0 unspecified atom stereocenters. The number of hydrogen-bond acceptors (Lipinski definition) is 6. The van der Waals surface area contributed by atoms with Crippen LogP contribution in [0.1, 0.15) is 28.0 Å². The van der Waals surface area contributed by atoms with Gasteiger partial charge in [0.05, 0.1) is 18.5 Å². The highest BCUT2D eigenvalue weighted by Crippen LogP contribution is 2.33. The molecule has 8 nitrogen and oxygen atoms in total. The van der Waals surface area contributed by atoms with Crippen LogP contribution in [-0.4, -0.2) is 44.9 Å². The van der Waals surface area contributed by atoms with Crippen molar-refractivity contribution in [2.75, 3.05) is 19.9 Å². The molecule has 0 fully saturated rings. The van der Waals surface area contributed by atoms with Gasteiger partial charge >= 0.3 is 0 Å². The molecule has 2 aromatic heterocycles. The van der Waals surface area contributed by atoms with Crippen LogP contribution in [0.15, 0.2) is 6.20 Å². The zero-order chi connectivity index (χ0) is 15.9. The lowest BCUT2D eigenvalue weighted by atomic mass is 10.1. The first kappa shape index (κ1) is 14.5. The van der Waals surface area contributed by atoms with Crippen LogP contribution < -0.4 is 5.73 Å². The number of fused-ring (bicyclic) bond motifs is 3. The number of anilines is 1. The minimum absolute atomic E-state index is 0.217. The molecule has 1 aliphatic rings. The minimum atomic E-state index is -0.273. The van der Waals surface area contributed by atoms with Gasteiger partial charge in [0.25, 0.3) is 5.91 Å². The number of nitrogens with two attached hydrogens (primary N) is 1. The smallest absolute Gasteiger partial charge is 0.297 e. The molecule has 116 valence electrons. The van der Waals surface area contributed by atoms with E-state index in [0.717, 1.165) is 41.8 Å². The Morgan fingerprint density at radius 2 is 2.23 bits per heavy atom. The number of rotatable bonds is 2. The number of hydrogen-bond donors (Lipinski definition) is 1. The van der Waals surface area contributed by atoms with E-state index in [0.29, 0.717) is 5.69 Å². The second-order valence-corrected chi connectivity index (χ2v) is 5.24. The fraction of sp³-hybridized carbons (Fsp3) is 0.429. The molecular weight excluding hydrogens is 284 g/mol. The van der Waals surface area contributed by atoms with E-state index >= 15 is 0 Å². The number of hydroxylamine groups is 2. The molecule has 0 bridgehead atoms. The van der Waals surface area contributed by atoms with E-state index in [1.807, 2.05) is 0 Å². The van der Waals surface area contributed by atoms with Crippen LogP contribution in [0.3, 0.4) is 0 Å². The molecule has 0 aliphatic heterocycles. The van der Waals surface area contributed by atoms with E-state index in [2.05, 4.69) is 15.1 Å². The summed E-state index contributed by atoms with van der Waals surface area (Å²) in [5.41, 5.74) is 9.62. The first-order valence-corrected chi connectivity index (χ1v) is 7.02. The average Bonchev–Trinajstić information content (AvgIpc) is 2.71. The van der Waals surface area contributed by atoms with Crippen LogP contribution >= 0.6 is 0 Å². The van der Waals surface area contributed by atoms with Gasteiger partial charge in [0.2, 0.25) is 5.95 Å². The van der Waals surface area contributed by atoms with Gasteiger partial charge in [-0.2, -0.15) is 5.10 Å². The van der Waals surface area contributed by atoms with Crippen molar-refractivity contribution < 1.29 is 9.63 Å². The van der Waals surface area contributed by atoms with E-state index < -0.39 is 0 Å². The second kappa shape index (κ2) is 5.38. The Morgan fingerprint density at radius 1 is 1.45 bits per heavy atom. The van der Waals surface area contributed by atoms with E-state index in [4.69, 9.17) is 10.6 Å². The van der Waals surface area contributed by atoms with Crippen LogP contribution in [0.2, 0.25) is 0 Å². The van der Waals surface area contributed by atoms with Crippen molar-refractivity contribution in [3.05, 3.63) is 23.0 Å². The van der Waals surface area contributed by atoms with Gasteiger partial charge in [0, 0.05) is 25.9 Å². The van der Waals surface area contributed by atoms with Crippen molar-refractivity contribution in [3.8, 4) is 11.4 Å². The van der Waals surface area contributed by atoms with E-state index in [1.165, 1.54) is 12.2 Å². The quantitative estimate of drug-likeness (QED) is 0.815. The molecule has 8 heteroatoms. The summed E-state index contributed by atoms with van der Waals surface area (Å²) >= 11 is 0. The van der Waals surface area contributed by atoms with Crippen molar-refractivity contribution in [2.45, 2.75) is 19.3 Å². The van der Waals surface area contributed by atoms with Crippen molar-refractivity contribution in [3.63, 3.8) is 0 Å². The first-order chi connectivity index (χ1) is 10.5. The molecule has 0 radical (unpaired) electrons. The van der Waals surface area contributed by atoms with Crippen molar-refractivity contribution in [1.29, 1.82) is 0 Å². The molecule has 0 saturated carbocycles. The summed E-state index contributed by atoms with van der Waals surface area (Å²) in [5.74, 6) is -0.0560. The molecular formula is C14H18N6O2. The maximum atomic E-state index is 12.4. The lowest BCUT2D eigenvalue weighted by Gasteiger charge is -2.12. The first-order valence-electron chi connectivity index (χ1n) is 7.02. The zero-order valence-corrected chi connectivity index (χ0v) is 12.8. The van der Waals surface area contributed by atoms with Crippen molar-refractivity contribution >= 4 is 11.9 Å². The van der Waals surface area contributed by atoms with Crippen LogP contribution in [0.5, 0.6) is 0 Å². The molecule has 0 saturated heterocycles. The van der Waals surface area contributed by atoms with E-state index in [1.54, 1.807) is 25.0 Å². The molecule has 1 amide bonds. The molecule has 2 aromatic rings. The highest BCUT2D eigenvalue weighted by atomic mass is 16.7. The van der Waals surface area contributed by atoms with Gasteiger partial charge in [-0.25, -0.2) is 15.0 Å². The van der Waals surface area contributed by atoms with E-state index in [9.17, 15) is 4.79 Å². The van der Waals surface area contributed by atoms with Crippen LogP contribution in [-0.2, 0) is 24.7 Å². The summed E-state index contributed by atoms with van der Waals surface area (Å²) in [6, 6.07) is 0. The summed E-state index contributed by atoms with van der Waals surface area (Å²) in [5, 5.41) is 5.55. The van der Waals surface area contributed by atoms with Crippen LogP contribution in [0.25, 0.3) is 11.4 Å². The van der Waals surface area contributed by atoms with Crippen molar-refractivity contribution in [2.24, 2.45) is 7.05 Å². The molecule has 1 aliphatic carbocycles. The number of nitrogens with zero attached hydrogens (tertiary/aromatic N) is 5. The summed E-state index contributed by atoms with van der Waals surface area (Å²) in [6.45, 7) is 0. The number of nitrogen functional groups attached to an aromatic ring is 1. The lowest BCUT2D eigenvalue weighted by Crippen LogP contribution is -2.26. The van der Waals surface area contributed by atoms with Crippen molar-refractivity contribution in [1.82, 2.24) is 24.8 Å². The highest BCUT2D eigenvalue weighted by molar-refractivity contribution is 5.95. The second-order valence-electron chi connectivity index (χ2n) is 5.24. The Bertz CT molecular complexity index is 739. The normalized spacial score (nSPS) is 13.2. The molecule has 0 aromatic carbocycles. The van der Waals surface area contributed by atoms with Gasteiger partial charge < -0.3 is 5.73 Å². The maximum Gasteiger partial charge on any atom is 0.297 e. The number of carbonyl (C=O) groups is 1. The fourth-order valence-corrected chi connectivity index (χ4v) is 2.77. The Labute approximate surface area is 127 Å². The average molecular weight is 302 g/mol. The van der Waals surface area contributed by atoms with E-state index in [-0.39, 0.29) is 11.9 Å². The molecule has 22 heavy (non-hydrogen) atoms. The summed E-state index contributed by atoms with van der Waals surface area (Å²) in [6.07, 6.45) is 4.24. The third-order valence-corrected chi connectivity index (χ3v) is 3.89. The topological polar surface area (TPSA) is 99.2 Å². The van der Waals surface area contributed by atoms with Crippen LogP contribution in [0.4, 0.5) is 5.95 Å². The third kappa shape index (κ3) is 2.21. The van der Waals surface area contributed by atoms with Gasteiger partial charge in [-0.05, 0) is 24.8 Å². The maximum absolute atomic E-state index is 12.4. The number of carbonyl (C=O) groups excluding carboxylic acids is 1. The summed E-state index contributed by atoms with van der Waals surface area (Å²) < 4.78 is 1.68. The van der Waals surface area contributed by atoms with Gasteiger partial charge in [0.15, 0.2) is 5.69 Å². The van der Waals surface area contributed by atoms with Crippen LogP contribution in [0, 0.1) is 0 Å². The number of amides is 1. The number of aryl methyl sites for hydroxylation is 2. The number of aromatic nitrogens is 4. The Morgan fingerprint density at radius 3 is 2.95 bits per heavy atom. The lowest BCUT2D eigenvalue weighted by molar-refractivity contribution is -0.0761. The molecule has 0 spiro atoms. The monoisotopic (exact) mass is 302 g/mol. The van der Waals surface area contributed by atoms with Gasteiger partial charge in [0.1, 0.15) is 0 Å². The predicted molar refractivity (Wildman–Crippen MR) is 79.8 cm³/mol. The summed E-state index contributed by atoms with van der Waals surface area (Å²) in [7, 11) is 4.81. The molecule has 0 atom stereocenters. The largest absolute Gasteiger partial charge is 0.368 e. The molecule has 2 N–H and O–H groups in total.